The van der Waals surface area contributed by atoms with Crippen LogP contribution >= 0.6 is 11.3 Å². The number of aromatic nitrogens is 1. The number of aryl methyl sites for hydroxylation is 1. The van der Waals surface area contributed by atoms with Crippen LogP contribution in [0.15, 0.2) is 53.0 Å². The van der Waals surface area contributed by atoms with Gasteiger partial charge in [0.1, 0.15) is 0 Å². The number of hydrogen-bond donors (Lipinski definition) is 1. The normalized spacial score (nSPS) is 15.3. The highest BCUT2D eigenvalue weighted by Gasteiger charge is 2.10. The molecule has 0 radical (unpaired) electrons. The highest BCUT2D eigenvalue weighted by molar-refractivity contribution is 7.09. The van der Waals surface area contributed by atoms with E-state index in [9.17, 15) is 0 Å². The third-order valence-electron chi connectivity index (χ3n) is 4.75. The second kappa shape index (κ2) is 9.55. The average Bonchev–Trinajstić information content (AvgIpc) is 3.30. The molecule has 4 nitrogen and oxygen atoms in total. The molecule has 4 rings (SSSR count). The number of nitrogens with two attached hydrogens (primary N) is 1. The molecule has 2 aromatic heterocycles. The Bertz CT molecular complexity index is 814. The number of fused-ring (bicyclic) bond motifs is 1. The van der Waals surface area contributed by atoms with E-state index in [0.717, 1.165) is 18.8 Å². The molecule has 1 aromatic carbocycles. The third kappa shape index (κ3) is 5.19. The van der Waals surface area contributed by atoms with Crippen LogP contribution in [0.2, 0.25) is 0 Å². The average molecular weight is 369 g/mol. The molecule has 1 aliphatic heterocycles. The van der Waals surface area contributed by atoms with Gasteiger partial charge in [0.15, 0.2) is 0 Å². The largest absolute Gasteiger partial charge is 0.390 e. The van der Waals surface area contributed by atoms with Crippen molar-refractivity contribution in [3.63, 3.8) is 0 Å². The van der Waals surface area contributed by atoms with Gasteiger partial charge in [-0.1, -0.05) is 12.5 Å². The van der Waals surface area contributed by atoms with E-state index in [-0.39, 0.29) is 0 Å². The summed E-state index contributed by atoms with van der Waals surface area (Å²) < 4.78 is 2.33. The molecular formula is C21H28N4S. The van der Waals surface area contributed by atoms with Gasteiger partial charge in [-0.15, -0.1) is 11.3 Å². The molecule has 1 saturated heterocycles. The van der Waals surface area contributed by atoms with E-state index in [1.807, 2.05) is 6.07 Å². The van der Waals surface area contributed by atoms with Crippen LogP contribution in [0.5, 0.6) is 0 Å². The number of aliphatic imine (C=N–C) groups is 1. The Morgan fingerprint density at radius 3 is 2.62 bits per heavy atom. The van der Waals surface area contributed by atoms with Crippen molar-refractivity contribution in [3.8, 4) is 0 Å². The minimum atomic E-state index is 0.911. The number of nitrogens with zero attached hydrogens (tertiary/aromatic N) is 3. The van der Waals surface area contributed by atoms with Gasteiger partial charge in [-0.05, 0) is 68.6 Å². The highest BCUT2D eigenvalue weighted by atomic mass is 32.1. The summed E-state index contributed by atoms with van der Waals surface area (Å²) in [5.74, 6) is 0. The van der Waals surface area contributed by atoms with Crippen LogP contribution in [-0.2, 0) is 6.54 Å². The van der Waals surface area contributed by atoms with Crippen molar-refractivity contribution in [2.24, 2.45) is 10.7 Å². The number of piperidine rings is 1. The zero-order valence-corrected chi connectivity index (χ0v) is 16.3. The Balaban J connectivity index is 0.000000278. The van der Waals surface area contributed by atoms with Crippen LogP contribution in [0.4, 0.5) is 5.69 Å². The van der Waals surface area contributed by atoms with Gasteiger partial charge in [0.25, 0.3) is 0 Å². The quantitative estimate of drug-likeness (QED) is 0.531. The predicted molar refractivity (Wildman–Crippen MR) is 114 cm³/mol. The van der Waals surface area contributed by atoms with Gasteiger partial charge in [0.2, 0.25) is 0 Å². The Morgan fingerprint density at radius 2 is 1.96 bits per heavy atom. The van der Waals surface area contributed by atoms with E-state index < -0.39 is 0 Å². The summed E-state index contributed by atoms with van der Waals surface area (Å²) in [5, 5.41) is 3.31. The number of likely N-dealkylation sites (tertiary alicyclic amines) is 1. The highest BCUT2D eigenvalue weighted by Crippen LogP contribution is 2.22. The van der Waals surface area contributed by atoms with Gasteiger partial charge in [-0.2, -0.15) is 0 Å². The van der Waals surface area contributed by atoms with Crippen molar-refractivity contribution < 1.29 is 0 Å². The van der Waals surface area contributed by atoms with Crippen LogP contribution in [-0.4, -0.2) is 35.4 Å². The van der Waals surface area contributed by atoms with Gasteiger partial charge in [0.05, 0.1) is 12.0 Å². The fraction of sp³-hybridized carbons (Fsp3) is 0.381. The molecule has 138 valence electrons. The fourth-order valence-electron chi connectivity index (χ4n) is 3.34. The summed E-state index contributed by atoms with van der Waals surface area (Å²) in [5.41, 5.74) is 7.52. The summed E-state index contributed by atoms with van der Waals surface area (Å²) in [6.07, 6.45) is 7.62. The number of rotatable bonds is 4. The van der Waals surface area contributed by atoms with Crippen molar-refractivity contribution in [3.05, 3.63) is 52.9 Å². The van der Waals surface area contributed by atoms with Crippen molar-refractivity contribution in [2.45, 2.75) is 32.7 Å². The SMILES string of the molecule is Cc1cccs1.NC=Nc1ccc2c(ccn2CCN2CCCCC2)c1. The van der Waals surface area contributed by atoms with Crippen LogP contribution < -0.4 is 5.73 Å². The van der Waals surface area contributed by atoms with Gasteiger partial charge in [0, 0.05) is 35.1 Å². The van der Waals surface area contributed by atoms with Crippen LogP contribution in [0, 0.1) is 6.92 Å². The molecule has 2 N–H and O–H groups in total. The molecule has 1 aliphatic rings. The molecule has 0 aliphatic carbocycles. The van der Waals surface area contributed by atoms with Crippen molar-refractivity contribution in [2.75, 3.05) is 19.6 Å². The Morgan fingerprint density at radius 1 is 1.12 bits per heavy atom. The maximum atomic E-state index is 5.34. The number of thiophene rings is 1. The molecule has 0 bridgehead atoms. The van der Waals surface area contributed by atoms with E-state index in [1.165, 1.54) is 54.5 Å². The lowest BCUT2D eigenvalue weighted by Gasteiger charge is -2.26. The van der Waals surface area contributed by atoms with Gasteiger partial charge < -0.3 is 15.2 Å². The number of hydrogen-bond acceptors (Lipinski definition) is 3. The first-order chi connectivity index (χ1) is 12.8. The Hall–Kier alpha value is -2.11. The summed E-state index contributed by atoms with van der Waals surface area (Å²) in [6, 6.07) is 12.5. The molecule has 0 saturated carbocycles. The lowest BCUT2D eigenvalue weighted by molar-refractivity contribution is 0.221. The topological polar surface area (TPSA) is 46.5 Å². The van der Waals surface area contributed by atoms with E-state index in [1.54, 1.807) is 11.3 Å². The van der Waals surface area contributed by atoms with Crippen LogP contribution in [0.1, 0.15) is 24.1 Å². The van der Waals surface area contributed by atoms with Crippen molar-refractivity contribution in [1.29, 1.82) is 0 Å². The minimum Gasteiger partial charge on any atom is -0.390 e. The Labute approximate surface area is 160 Å². The summed E-state index contributed by atoms with van der Waals surface area (Å²) in [4.78, 5) is 8.08. The predicted octanol–water partition coefficient (Wildman–Crippen LogP) is 4.80. The monoisotopic (exact) mass is 368 g/mol. The first-order valence-corrected chi connectivity index (χ1v) is 10.2. The second-order valence-electron chi connectivity index (χ2n) is 6.66. The van der Waals surface area contributed by atoms with Gasteiger partial charge in [-0.3, -0.25) is 0 Å². The van der Waals surface area contributed by atoms with E-state index in [4.69, 9.17) is 5.73 Å². The standard InChI is InChI=1S/C16H22N4.C5H6S/c17-13-18-15-4-5-16-14(12-15)6-9-20(16)11-10-19-7-2-1-3-8-19;1-5-3-2-4-6-5/h4-6,9,12-13H,1-3,7-8,10-11H2,(H2,17,18);2-4H,1H3. The van der Waals surface area contributed by atoms with E-state index in [2.05, 4.69) is 63.3 Å². The lowest BCUT2D eigenvalue weighted by atomic mass is 10.1. The molecule has 3 aromatic rings. The first kappa shape index (κ1) is 18.7. The molecule has 1 fully saturated rings. The van der Waals surface area contributed by atoms with Gasteiger partial charge in [-0.25, -0.2) is 4.99 Å². The summed E-state index contributed by atoms with van der Waals surface area (Å²) in [7, 11) is 0. The number of benzene rings is 1. The third-order valence-corrected chi connectivity index (χ3v) is 5.55. The fourth-order valence-corrected chi connectivity index (χ4v) is 3.87. The van der Waals surface area contributed by atoms with E-state index >= 15 is 0 Å². The summed E-state index contributed by atoms with van der Waals surface area (Å²) >= 11 is 1.78. The molecule has 0 spiro atoms. The smallest absolute Gasteiger partial charge is 0.0860 e. The molecule has 5 heteroatoms. The Kier molecular flexibility index (Phi) is 6.86. The van der Waals surface area contributed by atoms with Crippen molar-refractivity contribution in [1.82, 2.24) is 9.47 Å². The minimum absolute atomic E-state index is 0.911. The first-order valence-electron chi connectivity index (χ1n) is 9.32. The van der Waals surface area contributed by atoms with E-state index in [0.29, 0.717) is 0 Å². The zero-order chi connectivity index (χ0) is 18.2. The van der Waals surface area contributed by atoms with Crippen LogP contribution in [0.3, 0.4) is 0 Å². The molecule has 3 heterocycles. The van der Waals surface area contributed by atoms with Crippen LogP contribution in [0.25, 0.3) is 10.9 Å². The molecule has 0 unspecified atom stereocenters. The van der Waals surface area contributed by atoms with Gasteiger partial charge >= 0.3 is 0 Å². The zero-order valence-electron chi connectivity index (χ0n) is 15.5. The lowest BCUT2D eigenvalue weighted by Crippen LogP contribution is -2.32. The molecular weight excluding hydrogens is 340 g/mol. The second-order valence-corrected chi connectivity index (χ2v) is 7.81. The maximum Gasteiger partial charge on any atom is 0.0860 e. The van der Waals surface area contributed by atoms with Crippen molar-refractivity contribution >= 4 is 34.3 Å². The molecule has 0 amide bonds. The molecule has 0 atom stereocenters. The maximum absolute atomic E-state index is 5.34. The molecule has 26 heavy (non-hydrogen) atoms. The summed E-state index contributed by atoms with van der Waals surface area (Å²) in [6.45, 7) is 6.82.